The monoisotopic (exact) mass is 600 g/mol. The van der Waals surface area contributed by atoms with Crippen molar-refractivity contribution >= 4 is 17.5 Å². The van der Waals surface area contributed by atoms with E-state index >= 15 is 0 Å². The van der Waals surface area contributed by atoms with Crippen LogP contribution >= 0.6 is 11.8 Å². The van der Waals surface area contributed by atoms with Crippen LogP contribution < -0.4 is 0 Å². The second kappa shape index (κ2) is 12.9. The summed E-state index contributed by atoms with van der Waals surface area (Å²) in [6, 6.07) is 3.27. The summed E-state index contributed by atoms with van der Waals surface area (Å²) in [5.41, 5.74) is -0.360. The molecule has 16 heteroatoms. The highest BCUT2D eigenvalue weighted by molar-refractivity contribution is 8.00. The van der Waals surface area contributed by atoms with E-state index < -0.39 is 66.2 Å². The minimum absolute atomic E-state index is 0.360. The van der Waals surface area contributed by atoms with Gasteiger partial charge in [0.25, 0.3) is 0 Å². The number of aromatic nitrogens is 7. The Bertz CT molecular complexity index is 1400. The number of hydrogen-bond acceptors (Lipinski definition) is 14. The van der Waals surface area contributed by atoms with E-state index in [1.54, 1.807) is 31.3 Å². The van der Waals surface area contributed by atoms with Crippen molar-refractivity contribution in [2.45, 2.75) is 66.5 Å². The minimum Gasteiger partial charge on any atom is -0.394 e. The first-order chi connectivity index (χ1) is 20.3. The summed E-state index contributed by atoms with van der Waals surface area (Å²) in [6.07, 6.45) is 0.432. The van der Waals surface area contributed by atoms with Crippen LogP contribution in [0.2, 0.25) is 0 Å². The quantitative estimate of drug-likeness (QED) is 0.196. The zero-order chi connectivity index (χ0) is 30.0. The number of aliphatic hydroxyl groups is 5. The largest absolute Gasteiger partial charge is 0.394 e. The summed E-state index contributed by atoms with van der Waals surface area (Å²) in [7, 11) is 0. The summed E-state index contributed by atoms with van der Waals surface area (Å²) >= 11 is 0.944. The van der Waals surface area contributed by atoms with Crippen LogP contribution in [0.5, 0.6) is 0 Å². The van der Waals surface area contributed by atoms with Gasteiger partial charge in [0.1, 0.15) is 64.9 Å². The van der Waals surface area contributed by atoms with E-state index in [4.69, 9.17) is 9.47 Å². The number of allylic oxidation sites excluding steroid dienone is 1. The van der Waals surface area contributed by atoms with Gasteiger partial charge in [0.2, 0.25) is 0 Å². The summed E-state index contributed by atoms with van der Waals surface area (Å²) in [6.45, 7) is 8.36. The number of nitrogens with zero attached hydrogens (tertiary/aromatic N) is 8. The van der Waals surface area contributed by atoms with E-state index in [1.807, 2.05) is 0 Å². The number of aliphatic hydroxyl groups excluding tert-OH is 5. The van der Waals surface area contributed by atoms with Crippen LogP contribution in [-0.4, -0.2) is 120 Å². The molecule has 224 valence electrons. The molecule has 0 aliphatic carbocycles. The first-order valence-corrected chi connectivity index (χ1v) is 14.1. The molecule has 5 rings (SSSR count). The van der Waals surface area contributed by atoms with Crippen molar-refractivity contribution in [3.8, 4) is 11.4 Å². The van der Waals surface area contributed by atoms with Crippen LogP contribution in [0.1, 0.15) is 24.7 Å². The van der Waals surface area contributed by atoms with Gasteiger partial charge in [-0.25, -0.2) is 9.36 Å². The van der Waals surface area contributed by atoms with E-state index in [0.29, 0.717) is 22.8 Å². The Morgan fingerprint density at radius 3 is 2.31 bits per heavy atom. The Hall–Kier alpha value is -3.35. The normalized spacial score (nSPS) is 33.8. The van der Waals surface area contributed by atoms with E-state index in [2.05, 4.69) is 43.8 Å². The Balaban J connectivity index is 1.38. The highest BCUT2D eigenvalue weighted by atomic mass is 32.2. The molecule has 42 heavy (non-hydrogen) atoms. The third-order valence-corrected chi connectivity index (χ3v) is 8.49. The SMILES string of the molecule is C=CN=C(C=C)c1cn(C2C(O)[C@@H](C)O[C@@H](S[C@@H]3OC(CO)[C@H](O)C(n4cc(-c5ccccn5)nn4)C3O)[C@@H]2O)nn1. The van der Waals surface area contributed by atoms with Crippen molar-refractivity contribution in [3.63, 3.8) is 0 Å². The predicted octanol–water partition coefficient (Wildman–Crippen LogP) is -0.529. The molecule has 2 saturated heterocycles. The van der Waals surface area contributed by atoms with Gasteiger partial charge in [-0.2, -0.15) is 0 Å². The molecular weight excluding hydrogens is 568 g/mol. The first-order valence-electron chi connectivity index (χ1n) is 13.1. The number of pyridine rings is 1. The molecule has 10 atom stereocenters. The lowest BCUT2D eigenvalue weighted by Crippen LogP contribution is -2.57. The van der Waals surface area contributed by atoms with Gasteiger partial charge in [0.05, 0.1) is 36.5 Å². The molecule has 5 unspecified atom stereocenters. The molecule has 5 N–H and O–H groups in total. The average Bonchev–Trinajstić information content (AvgIpc) is 3.67. The molecule has 0 radical (unpaired) electrons. The van der Waals surface area contributed by atoms with Gasteiger partial charge >= 0.3 is 0 Å². The second-order valence-corrected chi connectivity index (χ2v) is 11.0. The topological polar surface area (TPSA) is 206 Å². The lowest BCUT2D eigenvalue weighted by molar-refractivity contribution is -0.183. The molecule has 3 aromatic rings. The van der Waals surface area contributed by atoms with Crippen molar-refractivity contribution in [1.29, 1.82) is 0 Å². The van der Waals surface area contributed by atoms with Gasteiger partial charge in [0, 0.05) is 12.4 Å². The van der Waals surface area contributed by atoms with E-state index in [1.165, 1.54) is 34.0 Å². The lowest BCUT2D eigenvalue weighted by atomic mass is 9.97. The highest BCUT2D eigenvalue weighted by Gasteiger charge is 2.51. The number of thioether (sulfide) groups is 1. The number of ether oxygens (including phenoxy) is 2. The fourth-order valence-electron chi connectivity index (χ4n) is 4.98. The zero-order valence-corrected chi connectivity index (χ0v) is 23.4. The molecule has 0 saturated carbocycles. The van der Waals surface area contributed by atoms with Crippen molar-refractivity contribution in [2.24, 2.45) is 4.99 Å². The summed E-state index contributed by atoms with van der Waals surface area (Å²) in [4.78, 5) is 8.34. The maximum Gasteiger partial charge on any atom is 0.134 e. The van der Waals surface area contributed by atoms with E-state index in [-0.39, 0.29) is 0 Å². The minimum atomic E-state index is -1.37. The standard InChI is InChI=1S/C26H32N8O7S/c1-4-14(27-5-2)16-10-33(31-29-16)19-21(36)13(3)40-25(23(19)38)42-26-24(39)20(22(37)18(12-35)41-26)34-11-17(30-32-34)15-8-6-7-9-28-15/h4-11,13,18-26,35-39H,1-2,12H2,3H3/t13-,18?,19?,20?,21?,22+,23-,24?,25+,26+/m1/s1. The predicted molar refractivity (Wildman–Crippen MR) is 150 cm³/mol. The van der Waals surface area contributed by atoms with Crippen molar-refractivity contribution < 1.29 is 35.0 Å². The Morgan fingerprint density at radius 1 is 0.952 bits per heavy atom. The van der Waals surface area contributed by atoms with Crippen LogP contribution in [-0.2, 0) is 9.47 Å². The van der Waals surface area contributed by atoms with Gasteiger partial charge in [-0.1, -0.05) is 41.4 Å². The molecule has 0 aromatic carbocycles. The van der Waals surface area contributed by atoms with Crippen LogP contribution in [0, 0.1) is 0 Å². The number of aliphatic imine (C=N–C) groups is 1. The van der Waals surface area contributed by atoms with Gasteiger partial charge < -0.3 is 35.0 Å². The molecular formula is C26H32N8O7S. The van der Waals surface area contributed by atoms with Crippen LogP contribution in [0.4, 0.5) is 0 Å². The van der Waals surface area contributed by atoms with Gasteiger partial charge in [-0.05, 0) is 25.1 Å². The molecule has 0 amide bonds. The zero-order valence-electron chi connectivity index (χ0n) is 22.6. The molecule has 0 spiro atoms. The third kappa shape index (κ3) is 5.80. The number of rotatable bonds is 9. The van der Waals surface area contributed by atoms with Crippen LogP contribution in [0.3, 0.4) is 0 Å². The van der Waals surface area contributed by atoms with Gasteiger partial charge in [-0.3, -0.25) is 9.98 Å². The van der Waals surface area contributed by atoms with Crippen LogP contribution in [0.15, 0.2) is 67.2 Å². The Labute approximate surface area is 244 Å². The molecule has 0 bridgehead atoms. The van der Waals surface area contributed by atoms with Crippen molar-refractivity contribution in [2.75, 3.05) is 6.61 Å². The summed E-state index contributed by atoms with van der Waals surface area (Å²) in [5, 5.41) is 71.0. The van der Waals surface area contributed by atoms with Crippen molar-refractivity contribution in [1.82, 2.24) is 35.0 Å². The van der Waals surface area contributed by atoms with E-state index in [0.717, 1.165) is 11.8 Å². The fourth-order valence-corrected chi connectivity index (χ4v) is 6.33. The molecule has 5 heterocycles. The fraction of sp³-hybridized carbons (Fsp3) is 0.462. The summed E-state index contributed by atoms with van der Waals surface area (Å²) in [5.74, 6) is 0. The lowest BCUT2D eigenvalue weighted by Gasteiger charge is -2.45. The first kappa shape index (κ1) is 30.1. The van der Waals surface area contributed by atoms with Gasteiger partial charge in [0.15, 0.2) is 0 Å². The number of hydrogen-bond donors (Lipinski definition) is 5. The third-order valence-electron chi connectivity index (χ3n) is 7.17. The maximum absolute atomic E-state index is 11.4. The maximum atomic E-state index is 11.4. The molecule has 3 aromatic heterocycles. The Kier molecular flexibility index (Phi) is 9.24. The second-order valence-electron chi connectivity index (χ2n) is 9.80. The van der Waals surface area contributed by atoms with Crippen LogP contribution in [0.25, 0.3) is 11.4 Å². The molecule has 2 fully saturated rings. The Morgan fingerprint density at radius 2 is 1.64 bits per heavy atom. The molecule has 2 aliphatic heterocycles. The van der Waals surface area contributed by atoms with E-state index in [9.17, 15) is 25.5 Å². The van der Waals surface area contributed by atoms with Crippen molar-refractivity contribution in [3.05, 3.63) is 67.9 Å². The average molecular weight is 601 g/mol. The van der Waals surface area contributed by atoms with Gasteiger partial charge in [-0.15, -0.1) is 10.2 Å². The summed E-state index contributed by atoms with van der Waals surface area (Å²) < 4.78 is 14.4. The smallest absolute Gasteiger partial charge is 0.134 e. The molecule has 15 nitrogen and oxygen atoms in total. The highest BCUT2D eigenvalue weighted by Crippen LogP contribution is 2.42. The molecule has 2 aliphatic rings.